The smallest absolute Gasteiger partial charge is 0.335 e. The Morgan fingerprint density at radius 3 is 2.52 bits per heavy atom. The van der Waals surface area contributed by atoms with E-state index in [0.29, 0.717) is 18.0 Å². The van der Waals surface area contributed by atoms with E-state index in [4.69, 9.17) is 4.42 Å². The number of sulfonamides is 1. The topological polar surface area (TPSA) is 109 Å². The van der Waals surface area contributed by atoms with Crippen LogP contribution in [-0.2, 0) is 16.6 Å². The molecular weight excluding hydrogens is 368 g/mol. The first kappa shape index (κ1) is 19.4. The fourth-order valence-corrected chi connectivity index (χ4v) is 4.81. The largest absolute Gasteiger partial charge is 0.478 e. The number of nitrogens with one attached hydrogen (secondary N) is 2. The average molecular weight is 392 g/mol. The maximum atomic E-state index is 13.0. The van der Waals surface area contributed by atoms with Crippen LogP contribution in [0.3, 0.4) is 0 Å². The molecule has 1 aliphatic carbocycles. The first-order valence-corrected chi connectivity index (χ1v) is 10.6. The molecule has 0 saturated heterocycles. The van der Waals surface area contributed by atoms with Crippen LogP contribution in [-0.4, -0.2) is 25.5 Å². The van der Waals surface area contributed by atoms with Crippen molar-refractivity contribution in [3.63, 3.8) is 0 Å². The van der Waals surface area contributed by atoms with Crippen LogP contribution in [0.25, 0.3) is 0 Å². The van der Waals surface area contributed by atoms with Gasteiger partial charge in [0.25, 0.3) is 0 Å². The number of hydrogen-bond donors (Lipinski definition) is 3. The van der Waals surface area contributed by atoms with Crippen LogP contribution in [0.4, 0.5) is 5.69 Å². The Labute approximate surface area is 158 Å². The number of carboxylic acid groups (broad SMARTS) is 1. The molecule has 1 aliphatic rings. The van der Waals surface area contributed by atoms with Gasteiger partial charge in [-0.3, -0.25) is 0 Å². The molecule has 0 unspecified atom stereocenters. The van der Waals surface area contributed by atoms with E-state index in [9.17, 15) is 18.3 Å². The molecule has 0 radical (unpaired) electrons. The van der Waals surface area contributed by atoms with Gasteiger partial charge in [-0.1, -0.05) is 25.7 Å². The molecule has 0 spiro atoms. The highest BCUT2D eigenvalue weighted by molar-refractivity contribution is 7.89. The van der Waals surface area contributed by atoms with Crippen LogP contribution in [0.2, 0.25) is 0 Å². The summed E-state index contributed by atoms with van der Waals surface area (Å²) in [5.74, 6) is -0.518. The van der Waals surface area contributed by atoms with Crippen molar-refractivity contribution < 1.29 is 22.7 Å². The molecule has 0 bridgehead atoms. The molecule has 0 atom stereocenters. The standard InChI is InChI=1S/C19H24N2O5S/c22-19(23)14-9-10-17(20-13-16-8-5-11-26-16)18(12-14)27(24,25)21-15-6-3-1-2-4-7-15/h5,8-12,15,20-21H,1-4,6-7,13H2,(H,22,23). The number of carboxylic acids is 1. The van der Waals surface area contributed by atoms with Crippen LogP contribution in [0.5, 0.6) is 0 Å². The Bertz CT molecular complexity index is 870. The molecule has 1 heterocycles. The monoisotopic (exact) mass is 392 g/mol. The number of aromatic carboxylic acids is 1. The quantitative estimate of drug-likeness (QED) is 0.621. The molecule has 7 nitrogen and oxygen atoms in total. The lowest BCUT2D eigenvalue weighted by Gasteiger charge is -2.19. The van der Waals surface area contributed by atoms with Gasteiger partial charge in [0.05, 0.1) is 24.1 Å². The first-order valence-electron chi connectivity index (χ1n) is 9.11. The van der Waals surface area contributed by atoms with Gasteiger partial charge in [0.15, 0.2) is 0 Å². The summed E-state index contributed by atoms with van der Waals surface area (Å²) in [5.41, 5.74) is 0.275. The maximum Gasteiger partial charge on any atom is 0.335 e. The number of anilines is 1. The van der Waals surface area contributed by atoms with Crippen molar-refractivity contribution in [3.05, 3.63) is 47.9 Å². The van der Waals surface area contributed by atoms with Gasteiger partial charge in [-0.2, -0.15) is 0 Å². The summed E-state index contributed by atoms with van der Waals surface area (Å²) in [6, 6.07) is 7.47. The molecule has 27 heavy (non-hydrogen) atoms. The molecule has 1 fully saturated rings. The van der Waals surface area contributed by atoms with Crippen molar-refractivity contribution in [1.29, 1.82) is 0 Å². The number of benzene rings is 1. The lowest BCUT2D eigenvalue weighted by atomic mass is 10.1. The fraction of sp³-hybridized carbons (Fsp3) is 0.421. The molecule has 3 N–H and O–H groups in total. The van der Waals surface area contributed by atoms with Crippen molar-refractivity contribution in [2.45, 2.75) is 56.0 Å². The Balaban J connectivity index is 1.86. The van der Waals surface area contributed by atoms with Crippen LogP contribution >= 0.6 is 0 Å². The molecule has 2 aromatic rings. The highest BCUT2D eigenvalue weighted by Gasteiger charge is 2.25. The summed E-state index contributed by atoms with van der Waals surface area (Å²) in [5, 5.41) is 12.3. The van der Waals surface area contributed by atoms with E-state index in [1.807, 2.05) is 0 Å². The van der Waals surface area contributed by atoms with Gasteiger partial charge >= 0.3 is 5.97 Å². The highest BCUT2D eigenvalue weighted by atomic mass is 32.2. The molecule has 8 heteroatoms. The van der Waals surface area contributed by atoms with Crippen molar-refractivity contribution in [2.24, 2.45) is 0 Å². The van der Waals surface area contributed by atoms with Crippen molar-refractivity contribution in [1.82, 2.24) is 4.72 Å². The summed E-state index contributed by atoms with van der Waals surface area (Å²) in [7, 11) is -3.86. The summed E-state index contributed by atoms with van der Waals surface area (Å²) < 4.78 is 34.0. The Hall–Kier alpha value is -2.32. The molecule has 1 aromatic carbocycles. The second kappa shape index (κ2) is 8.58. The molecule has 0 aliphatic heterocycles. The van der Waals surface area contributed by atoms with Crippen LogP contribution in [0.15, 0.2) is 45.9 Å². The van der Waals surface area contributed by atoms with Gasteiger partial charge in [-0.05, 0) is 43.2 Å². The normalized spacial score (nSPS) is 16.0. The summed E-state index contributed by atoms with van der Waals surface area (Å²) in [4.78, 5) is 11.3. The Morgan fingerprint density at radius 1 is 1.15 bits per heavy atom. The SMILES string of the molecule is O=C(O)c1ccc(NCc2ccco2)c(S(=O)(=O)NC2CCCCCC2)c1. The van der Waals surface area contributed by atoms with E-state index in [0.717, 1.165) is 38.5 Å². The van der Waals surface area contributed by atoms with Gasteiger partial charge in [0, 0.05) is 6.04 Å². The third-order valence-corrected chi connectivity index (χ3v) is 6.29. The predicted molar refractivity (Wildman–Crippen MR) is 101 cm³/mol. The van der Waals surface area contributed by atoms with E-state index >= 15 is 0 Å². The molecule has 1 aromatic heterocycles. The van der Waals surface area contributed by atoms with Crippen LogP contribution < -0.4 is 10.0 Å². The second-order valence-electron chi connectivity index (χ2n) is 6.76. The van der Waals surface area contributed by atoms with E-state index in [-0.39, 0.29) is 16.5 Å². The predicted octanol–water partition coefficient (Wildman–Crippen LogP) is 3.59. The molecule has 0 amide bonds. The van der Waals surface area contributed by atoms with E-state index in [1.165, 1.54) is 24.5 Å². The lowest BCUT2D eigenvalue weighted by Crippen LogP contribution is -2.35. The summed E-state index contributed by atoms with van der Waals surface area (Å²) in [6.07, 6.45) is 7.35. The molecule has 1 saturated carbocycles. The summed E-state index contributed by atoms with van der Waals surface area (Å²) >= 11 is 0. The molecule has 3 rings (SSSR count). The first-order chi connectivity index (χ1) is 13.0. The Kier molecular flexibility index (Phi) is 6.18. The third kappa shape index (κ3) is 5.11. The average Bonchev–Trinajstić information content (AvgIpc) is 3.03. The third-order valence-electron chi connectivity index (χ3n) is 4.73. The van der Waals surface area contributed by atoms with Gasteiger partial charge in [-0.25, -0.2) is 17.9 Å². The van der Waals surface area contributed by atoms with Gasteiger partial charge in [0.1, 0.15) is 10.7 Å². The minimum Gasteiger partial charge on any atom is -0.478 e. The number of hydrogen-bond acceptors (Lipinski definition) is 5. The van der Waals surface area contributed by atoms with Gasteiger partial charge in [-0.15, -0.1) is 0 Å². The molecular formula is C19H24N2O5S. The number of rotatable bonds is 7. The zero-order valence-electron chi connectivity index (χ0n) is 15.0. The number of carbonyl (C=O) groups is 1. The minimum atomic E-state index is -3.86. The van der Waals surface area contributed by atoms with E-state index < -0.39 is 16.0 Å². The second-order valence-corrected chi connectivity index (χ2v) is 8.44. The summed E-state index contributed by atoms with van der Waals surface area (Å²) in [6.45, 7) is 0.297. The lowest BCUT2D eigenvalue weighted by molar-refractivity contribution is 0.0696. The van der Waals surface area contributed by atoms with Crippen molar-refractivity contribution >= 4 is 21.7 Å². The van der Waals surface area contributed by atoms with E-state index in [2.05, 4.69) is 10.0 Å². The Morgan fingerprint density at radius 2 is 1.89 bits per heavy atom. The van der Waals surface area contributed by atoms with Crippen LogP contribution in [0.1, 0.15) is 54.6 Å². The zero-order chi connectivity index (χ0) is 19.3. The zero-order valence-corrected chi connectivity index (χ0v) is 15.8. The fourth-order valence-electron chi connectivity index (χ4n) is 3.30. The van der Waals surface area contributed by atoms with Crippen molar-refractivity contribution in [2.75, 3.05) is 5.32 Å². The maximum absolute atomic E-state index is 13.0. The van der Waals surface area contributed by atoms with Crippen molar-refractivity contribution in [3.8, 4) is 0 Å². The van der Waals surface area contributed by atoms with Gasteiger partial charge < -0.3 is 14.8 Å². The van der Waals surface area contributed by atoms with Gasteiger partial charge in [0.2, 0.25) is 10.0 Å². The highest BCUT2D eigenvalue weighted by Crippen LogP contribution is 2.26. The number of furan rings is 1. The van der Waals surface area contributed by atoms with E-state index in [1.54, 1.807) is 12.1 Å². The minimum absolute atomic E-state index is 0.0572. The molecule has 146 valence electrons. The van der Waals surface area contributed by atoms with Crippen LogP contribution in [0, 0.1) is 0 Å².